The summed E-state index contributed by atoms with van der Waals surface area (Å²) in [7, 11) is -3.34. The fourth-order valence-electron chi connectivity index (χ4n) is 4.37. The van der Waals surface area contributed by atoms with Crippen LogP contribution in [0.15, 0.2) is 65.7 Å². The number of imidazole rings is 1. The number of sulfone groups is 1. The van der Waals surface area contributed by atoms with Crippen LogP contribution in [0.25, 0.3) is 22.6 Å². The number of hydrogen-bond acceptors (Lipinski definition) is 7. The van der Waals surface area contributed by atoms with Gasteiger partial charge in [0.1, 0.15) is 17.2 Å². The van der Waals surface area contributed by atoms with E-state index in [9.17, 15) is 18.3 Å². The van der Waals surface area contributed by atoms with Crippen LogP contribution >= 0.6 is 0 Å². The van der Waals surface area contributed by atoms with Crippen LogP contribution in [0.1, 0.15) is 24.9 Å². The summed E-state index contributed by atoms with van der Waals surface area (Å²) in [6.45, 7) is 1.71. The van der Waals surface area contributed by atoms with E-state index >= 15 is 0 Å². The number of carbonyl (C=O) groups excluding carboxylic acids is 1. The maximum atomic E-state index is 12.3. The molecule has 1 amide bonds. The highest BCUT2D eigenvalue weighted by Gasteiger charge is 2.36. The molecule has 0 unspecified atom stereocenters. The Labute approximate surface area is 202 Å². The number of benzene rings is 2. The number of aromatic amines is 1. The van der Waals surface area contributed by atoms with Crippen molar-refractivity contribution in [3.63, 3.8) is 0 Å². The number of β-amino-alcohol motifs (C(OH)–C–C–N with tert-alkyl or cyclic N) is 1. The van der Waals surface area contributed by atoms with Crippen LogP contribution in [0, 0.1) is 0 Å². The number of nitrogens with one attached hydrogen (secondary N) is 1. The summed E-state index contributed by atoms with van der Waals surface area (Å²) < 4.78 is 29.8. The zero-order chi connectivity index (χ0) is 24.7. The van der Waals surface area contributed by atoms with Crippen molar-refractivity contribution >= 4 is 26.8 Å². The lowest BCUT2D eigenvalue weighted by molar-refractivity contribution is -0.130. The number of nitrogens with zero attached hydrogens (tertiary/aromatic N) is 3. The third-order valence-corrected chi connectivity index (χ3v) is 7.17. The molecule has 1 aliphatic rings. The second kappa shape index (κ2) is 8.79. The van der Waals surface area contributed by atoms with Crippen LogP contribution in [-0.4, -0.2) is 58.2 Å². The third kappa shape index (κ3) is 4.62. The number of fused-ring (bicyclic) bond motifs is 1. The van der Waals surface area contributed by atoms with Gasteiger partial charge in [0, 0.05) is 37.6 Å². The van der Waals surface area contributed by atoms with Gasteiger partial charge in [-0.05, 0) is 48.9 Å². The van der Waals surface area contributed by atoms with Crippen molar-refractivity contribution < 1.29 is 23.1 Å². The second-order valence-electron chi connectivity index (χ2n) is 8.63. The highest BCUT2D eigenvalue weighted by atomic mass is 32.2. The smallest absolute Gasteiger partial charge is 0.220 e. The van der Waals surface area contributed by atoms with Crippen molar-refractivity contribution in [1.29, 1.82) is 0 Å². The number of aromatic nitrogens is 3. The topological polar surface area (TPSA) is 125 Å². The van der Waals surface area contributed by atoms with Crippen molar-refractivity contribution in [1.82, 2.24) is 19.9 Å². The lowest BCUT2D eigenvalue weighted by atomic mass is 10.0. The molecule has 2 aromatic carbocycles. The highest BCUT2D eigenvalue weighted by molar-refractivity contribution is 7.90. The summed E-state index contributed by atoms with van der Waals surface area (Å²) in [5.41, 5.74) is 2.79. The molecule has 5 rings (SSSR count). The number of aliphatic hydroxyl groups excluding tert-OH is 1. The summed E-state index contributed by atoms with van der Waals surface area (Å²) in [6, 6.07) is 15.0. The number of rotatable bonds is 5. The van der Waals surface area contributed by atoms with E-state index in [1.54, 1.807) is 29.3 Å². The van der Waals surface area contributed by atoms with E-state index in [1.165, 1.54) is 19.1 Å². The molecule has 0 radical (unpaired) electrons. The zero-order valence-corrected chi connectivity index (χ0v) is 20.0. The van der Waals surface area contributed by atoms with Crippen LogP contribution in [-0.2, 0) is 14.6 Å². The molecule has 35 heavy (non-hydrogen) atoms. The first-order chi connectivity index (χ1) is 16.7. The molecule has 180 valence electrons. The molecule has 0 saturated carbocycles. The number of pyridine rings is 1. The summed E-state index contributed by atoms with van der Waals surface area (Å²) >= 11 is 0. The normalized spacial score (nSPS) is 18.2. The van der Waals surface area contributed by atoms with Gasteiger partial charge in [-0.2, -0.15) is 0 Å². The molecule has 1 saturated heterocycles. The van der Waals surface area contributed by atoms with Gasteiger partial charge in [-0.3, -0.25) is 9.78 Å². The standard InChI is InChI=1S/C25H24N4O5S/c1-15(30)29-14-16(31)11-23(29)19-12-21-22(28-25(27-21)20-5-3-4-10-26-20)13-24(19)34-17-6-8-18(9-7-17)35(2,32)33/h3-10,12-13,16,23,31H,11,14H2,1-2H3,(H,27,28)/t16-,23-/m0/s1. The van der Waals surface area contributed by atoms with Gasteiger partial charge in [0.05, 0.1) is 28.1 Å². The first-order valence-electron chi connectivity index (χ1n) is 11.1. The molecule has 2 atom stereocenters. The minimum atomic E-state index is -3.34. The first-order valence-corrected chi connectivity index (χ1v) is 13.0. The summed E-state index contributed by atoms with van der Waals surface area (Å²) in [5, 5.41) is 10.3. The molecule has 1 aliphatic heterocycles. The summed E-state index contributed by atoms with van der Waals surface area (Å²) in [4.78, 5) is 26.4. The van der Waals surface area contributed by atoms with Crippen LogP contribution in [0.4, 0.5) is 0 Å². The SMILES string of the molecule is CC(=O)N1C[C@@H](O)C[C@H]1c1cc2[nH]c(-c3ccccn3)nc2cc1Oc1ccc(S(C)(=O)=O)cc1. The molecule has 4 aromatic rings. The molecule has 0 aliphatic carbocycles. The van der Waals surface area contributed by atoms with Gasteiger partial charge < -0.3 is 19.7 Å². The minimum Gasteiger partial charge on any atom is -0.457 e. The molecule has 9 nitrogen and oxygen atoms in total. The molecule has 0 spiro atoms. The number of ether oxygens (including phenoxy) is 1. The Hall–Kier alpha value is -3.76. The van der Waals surface area contributed by atoms with Crippen LogP contribution in [0.5, 0.6) is 11.5 Å². The molecule has 3 heterocycles. The van der Waals surface area contributed by atoms with E-state index in [2.05, 4.69) is 15.0 Å². The Bertz CT molecular complexity index is 1500. The fraction of sp³-hybridized carbons (Fsp3) is 0.240. The number of H-pyrrole nitrogens is 1. The number of likely N-dealkylation sites (tertiary alicyclic amines) is 1. The monoisotopic (exact) mass is 492 g/mol. The predicted octanol–water partition coefficient (Wildman–Crippen LogP) is 3.47. The third-order valence-electron chi connectivity index (χ3n) is 6.04. The van der Waals surface area contributed by atoms with Crippen molar-refractivity contribution in [2.75, 3.05) is 12.8 Å². The van der Waals surface area contributed by atoms with Crippen molar-refractivity contribution in [2.45, 2.75) is 30.4 Å². The second-order valence-corrected chi connectivity index (χ2v) is 10.6. The maximum absolute atomic E-state index is 12.3. The summed E-state index contributed by atoms with van der Waals surface area (Å²) in [6.07, 6.45) is 2.56. The molecular weight excluding hydrogens is 468 g/mol. The number of carbonyl (C=O) groups is 1. The maximum Gasteiger partial charge on any atom is 0.220 e. The lowest BCUT2D eigenvalue weighted by Crippen LogP contribution is -2.29. The first kappa shape index (κ1) is 23.0. The van der Waals surface area contributed by atoms with E-state index in [-0.39, 0.29) is 17.3 Å². The number of aliphatic hydroxyl groups is 1. The van der Waals surface area contributed by atoms with Crippen LogP contribution in [0.3, 0.4) is 0 Å². The molecule has 2 N–H and O–H groups in total. The largest absolute Gasteiger partial charge is 0.457 e. The Balaban J connectivity index is 1.60. The van der Waals surface area contributed by atoms with E-state index in [1.807, 2.05) is 24.3 Å². The zero-order valence-electron chi connectivity index (χ0n) is 19.2. The van der Waals surface area contributed by atoms with E-state index in [0.29, 0.717) is 40.5 Å². The van der Waals surface area contributed by atoms with E-state index < -0.39 is 22.0 Å². The Morgan fingerprint density at radius 1 is 1.17 bits per heavy atom. The number of hydrogen-bond donors (Lipinski definition) is 2. The highest BCUT2D eigenvalue weighted by Crippen LogP contribution is 2.41. The fourth-order valence-corrected chi connectivity index (χ4v) is 5.00. The molecule has 0 bridgehead atoms. The average molecular weight is 493 g/mol. The van der Waals surface area contributed by atoms with Crippen molar-refractivity contribution in [3.8, 4) is 23.0 Å². The van der Waals surface area contributed by atoms with Gasteiger partial charge in [-0.25, -0.2) is 13.4 Å². The van der Waals surface area contributed by atoms with Crippen molar-refractivity contribution in [2.24, 2.45) is 0 Å². The van der Waals surface area contributed by atoms with E-state index in [0.717, 1.165) is 11.8 Å². The molecule has 2 aromatic heterocycles. The van der Waals surface area contributed by atoms with Gasteiger partial charge >= 0.3 is 0 Å². The quantitative estimate of drug-likeness (QED) is 0.437. The molecule has 10 heteroatoms. The van der Waals surface area contributed by atoms with Gasteiger partial charge in [0.15, 0.2) is 15.7 Å². The van der Waals surface area contributed by atoms with Gasteiger partial charge in [0.25, 0.3) is 0 Å². The van der Waals surface area contributed by atoms with Crippen LogP contribution in [0.2, 0.25) is 0 Å². The number of amides is 1. The summed E-state index contributed by atoms with van der Waals surface area (Å²) in [5.74, 6) is 1.35. The van der Waals surface area contributed by atoms with Gasteiger partial charge in [-0.1, -0.05) is 6.07 Å². The van der Waals surface area contributed by atoms with Crippen molar-refractivity contribution in [3.05, 3.63) is 66.4 Å². The Morgan fingerprint density at radius 3 is 2.60 bits per heavy atom. The van der Waals surface area contributed by atoms with Gasteiger partial charge in [0.2, 0.25) is 5.91 Å². The lowest BCUT2D eigenvalue weighted by Gasteiger charge is -2.25. The molecular formula is C25H24N4O5S. The van der Waals surface area contributed by atoms with Gasteiger partial charge in [-0.15, -0.1) is 0 Å². The predicted molar refractivity (Wildman–Crippen MR) is 130 cm³/mol. The molecule has 1 fully saturated rings. The van der Waals surface area contributed by atoms with Crippen LogP contribution < -0.4 is 4.74 Å². The van der Waals surface area contributed by atoms with E-state index in [4.69, 9.17) is 4.74 Å². The minimum absolute atomic E-state index is 0.145. The Kier molecular flexibility index (Phi) is 5.78. The Morgan fingerprint density at radius 2 is 1.94 bits per heavy atom. The average Bonchev–Trinajstić information content (AvgIpc) is 3.42.